The van der Waals surface area contributed by atoms with Crippen LogP contribution in [0.4, 0.5) is 0 Å². The molecule has 2 aromatic rings. The van der Waals surface area contributed by atoms with E-state index in [1.807, 2.05) is 6.92 Å². The lowest BCUT2D eigenvalue weighted by atomic mass is 9.95. The molecule has 0 saturated heterocycles. The highest BCUT2D eigenvalue weighted by molar-refractivity contribution is 14.1. The van der Waals surface area contributed by atoms with E-state index in [-0.39, 0.29) is 0 Å². The summed E-state index contributed by atoms with van der Waals surface area (Å²) in [5.41, 5.74) is 3.49. The van der Waals surface area contributed by atoms with Gasteiger partial charge in [-0.05, 0) is 47.0 Å². The van der Waals surface area contributed by atoms with E-state index >= 15 is 0 Å². The van der Waals surface area contributed by atoms with Crippen LogP contribution in [-0.2, 0) is 0 Å². The largest absolute Gasteiger partial charge is 0.253 e. The van der Waals surface area contributed by atoms with Crippen molar-refractivity contribution in [1.82, 2.24) is 4.98 Å². The van der Waals surface area contributed by atoms with Crippen molar-refractivity contribution in [3.8, 4) is 0 Å². The quantitative estimate of drug-likeness (QED) is 0.525. The Kier molecular flexibility index (Phi) is 2.28. The van der Waals surface area contributed by atoms with E-state index in [0.717, 1.165) is 11.2 Å². The van der Waals surface area contributed by atoms with Gasteiger partial charge < -0.3 is 0 Å². The minimum Gasteiger partial charge on any atom is -0.253 e. The molecule has 0 amide bonds. The molecule has 0 fully saturated rings. The molecule has 0 radical (unpaired) electrons. The fourth-order valence-corrected chi connectivity index (χ4v) is 1.81. The SMILES string of the molecule is Bc1cc2ccc(C)nc2cc1I. The summed E-state index contributed by atoms with van der Waals surface area (Å²) in [6.45, 7) is 2.02. The molecule has 1 heterocycles. The van der Waals surface area contributed by atoms with Gasteiger partial charge in [0, 0.05) is 9.26 Å². The number of rotatable bonds is 0. The summed E-state index contributed by atoms with van der Waals surface area (Å²) in [4.78, 5) is 4.47. The lowest BCUT2D eigenvalue weighted by Crippen LogP contribution is -2.06. The van der Waals surface area contributed by atoms with Crippen molar-refractivity contribution in [3.63, 3.8) is 0 Å². The highest BCUT2D eigenvalue weighted by Gasteiger charge is 1.99. The number of fused-ring (bicyclic) bond motifs is 1. The zero-order chi connectivity index (χ0) is 9.42. The van der Waals surface area contributed by atoms with Gasteiger partial charge in [-0.1, -0.05) is 17.6 Å². The fraction of sp³-hybridized carbons (Fsp3) is 0.100. The Morgan fingerprint density at radius 2 is 2.08 bits per heavy atom. The third kappa shape index (κ3) is 1.70. The molecule has 0 unspecified atom stereocenters. The number of pyridine rings is 1. The normalized spacial score (nSPS) is 10.6. The van der Waals surface area contributed by atoms with E-state index in [2.05, 4.69) is 59.7 Å². The molecule has 64 valence electrons. The molecule has 0 aliphatic heterocycles. The highest BCUT2D eigenvalue weighted by Crippen LogP contribution is 2.13. The van der Waals surface area contributed by atoms with E-state index in [4.69, 9.17) is 0 Å². The molecule has 1 aromatic carbocycles. The Labute approximate surface area is 92.1 Å². The van der Waals surface area contributed by atoms with Crippen molar-refractivity contribution in [2.24, 2.45) is 0 Å². The second kappa shape index (κ2) is 3.29. The number of hydrogen-bond acceptors (Lipinski definition) is 1. The Hall–Kier alpha value is -0.575. The first kappa shape index (κ1) is 9.00. The van der Waals surface area contributed by atoms with Gasteiger partial charge in [-0.3, -0.25) is 4.98 Å². The van der Waals surface area contributed by atoms with Crippen LogP contribution < -0.4 is 5.46 Å². The molecular formula is C10H9BIN. The third-order valence-electron chi connectivity index (χ3n) is 2.11. The molecule has 13 heavy (non-hydrogen) atoms. The molecule has 2 rings (SSSR count). The van der Waals surface area contributed by atoms with Crippen molar-refractivity contribution in [2.45, 2.75) is 6.92 Å². The van der Waals surface area contributed by atoms with E-state index in [1.165, 1.54) is 14.4 Å². The van der Waals surface area contributed by atoms with Gasteiger partial charge in [-0.25, -0.2) is 0 Å². The molecule has 3 heteroatoms. The predicted octanol–water partition coefficient (Wildman–Crippen LogP) is 1.41. The van der Waals surface area contributed by atoms with E-state index in [1.54, 1.807) is 0 Å². The first-order chi connectivity index (χ1) is 6.16. The zero-order valence-electron chi connectivity index (χ0n) is 7.63. The second-order valence-corrected chi connectivity index (χ2v) is 4.41. The number of aryl methyl sites for hydroxylation is 1. The zero-order valence-corrected chi connectivity index (χ0v) is 9.79. The van der Waals surface area contributed by atoms with Crippen LogP contribution in [0.25, 0.3) is 10.9 Å². The summed E-state index contributed by atoms with van der Waals surface area (Å²) in [6.07, 6.45) is 0. The molecule has 0 aliphatic rings. The minimum atomic E-state index is 1.08. The van der Waals surface area contributed by atoms with Gasteiger partial charge in [-0.2, -0.15) is 0 Å². The maximum atomic E-state index is 4.47. The molecule has 0 spiro atoms. The van der Waals surface area contributed by atoms with Crippen LogP contribution in [0.1, 0.15) is 5.69 Å². The van der Waals surface area contributed by atoms with Crippen LogP contribution in [0, 0.1) is 10.5 Å². The number of aromatic nitrogens is 1. The summed E-state index contributed by atoms with van der Waals surface area (Å²) < 4.78 is 1.28. The topological polar surface area (TPSA) is 12.9 Å². The van der Waals surface area contributed by atoms with Gasteiger partial charge >= 0.3 is 0 Å². The Morgan fingerprint density at radius 1 is 1.31 bits per heavy atom. The van der Waals surface area contributed by atoms with Crippen LogP contribution >= 0.6 is 22.6 Å². The highest BCUT2D eigenvalue weighted by atomic mass is 127. The van der Waals surface area contributed by atoms with Gasteiger partial charge in [0.25, 0.3) is 0 Å². The smallest absolute Gasteiger partial charge is 0.140 e. The number of nitrogens with zero attached hydrogens (tertiary/aromatic N) is 1. The number of hydrogen-bond donors (Lipinski definition) is 0. The van der Waals surface area contributed by atoms with Gasteiger partial charge in [0.15, 0.2) is 0 Å². The first-order valence-electron chi connectivity index (χ1n) is 4.20. The van der Waals surface area contributed by atoms with Gasteiger partial charge in [0.1, 0.15) is 7.85 Å². The lowest BCUT2D eigenvalue weighted by molar-refractivity contribution is 1.26. The molecule has 1 aromatic heterocycles. The maximum Gasteiger partial charge on any atom is 0.140 e. The van der Waals surface area contributed by atoms with Gasteiger partial charge in [0.05, 0.1) is 5.52 Å². The summed E-state index contributed by atoms with van der Waals surface area (Å²) in [5, 5.41) is 1.23. The fourth-order valence-electron chi connectivity index (χ4n) is 1.36. The summed E-state index contributed by atoms with van der Waals surface area (Å²) in [6, 6.07) is 8.50. The van der Waals surface area contributed by atoms with E-state index < -0.39 is 0 Å². The Morgan fingerprint density at radius 3 is 2.85 bits per heavy atom. The van der Waals surface area contributed by atoms with Crippen molar-refractivity contribution in [2.75, 3.05) is 0 Å². The molecule has 0 atom stereocenters. The van der Waals surface area contributed by atoms with E-state index in [0.29, 0.717) is 0 Å². The van der Waals surface area contributed by atoms with Crippen molar-refractivity contribution in [1.29, 1.82) is 0 Å². The Bertz CT molecular complexity index is 468. The van der Waals surface area contributed by atoms with Crippen LogP contribution in [0.5, 0.6) is 0 Å². The minimum absolute atomic E-state index is 1.08. The van der Waals surface area contributed by atoms with Crippen molar-refractivity contribution >= 4 is 46.8 Å². The van der Waals surface area contributed by atoms with Crippen LogP contribution in [0.15, 0.2) is 24.3 Å². The van der Waals surface area contributed by atoms with Gasteiger partial charge in [-0.15, -0.1) is 0 Å². The molecule has 0 saturated carbocycles. The molecule has 0 aliphatic carbocycles. The molecular weight excluding hydrogens is 272 g/mol. The molecule has 0 bridgehead atoms. The lowest BCUT2D eigenvalue weighted by Gasteiger charge is -2.02. The maximum absolute atomic E-state index is 4.47. The van der Waals surface area contributed by atoms with Crippen LogP contribution in [0.3, 0.4) is 0 Å². The predicted molar refractivity (Wildman–Crippen MR) is 67.4 cm³/mol. The molecule has 1 nitrogen and oxygen atoms in total. The third-order valence-corrected chi connectivity index (χ3v) is 3.27. The standard InChI is InChI=1S/C10H9BIN/c1-6-2-3-7-4-8(11)9(12)5-10(7)13-6/h2-5H,11H2,1H3. The number of benzene rings is 1. The Balaban J connectivity index is 2.81. The number of halogens is 1. The van der Waals surface area contributed by atoms with Crippen LogP contribution in [-0.4, -0.2) is 12.8 Å². The summed E-state index contributed by atoms with van der Waals surface area (Å²) in [7, 11) is 2.13. The van der Waals surface area contributed by atoms with Crippen LogP contribution in [0.2, 0.25) is 0 Å². The summed E-state index contributed by atoms with van der Waals surface area (Å²) >= 11 is 2.34. The first-order valence-corrected chi connectivity index (χ1v) is 5.28. The molecule has 0 N–H and O–H groups in total. The van der Waals surface area contributed by atoms with Crippen molar-refractivity contribution in [3.05, 3.63) is 33.5 Å². The monoisotopic (exact) mass is 281 g/mol. The average Bonchev–Trinajstić information content (AvgIpc) is 2.08. The average molecular weight is 281 g/mol. The van der Waals surface area contributed by atoms with Crippen molar-refractivity contribution < 1.29 is 0 Å². The summed E-state index contributed by atoms with van der Waals surface area (Å²) in [5.74, 6) is 0. The van der Waals surface area contributed by atoms with E-state index in [9.17, 15) is 0 Å². The second-order valence-electron chi connectivity index (χ2n) is 3.25. The van der Waals surface area contributed by atoms with Gasteiger partial charge in [0.2, 0.25) is 0 Å².